The molecule has 24 heavy (non-hydrogen) atoms. The fourth-order valence-corrected chi connectivity index (χ4v) is 3.95. The predicted octanol–water partition coefficient (Wildman–Crippen LogP) is 5.10. The molecule has 1 heterocycles. The van der Waals surface area contributed by atoms with Crippen LogP contribution in [-0.2, 0) is 0 Å². The Bertz CT molecular complexity index is 744. The van der Waals surface area contributed by atoms with Gasteiger partial charge < -0.3 is 0 Å². The number of thiazole rings is 1. The van der Waals surface area contributed by atoms with Gasteiger partial charge in [0.1, 0.15) is 0 Å². The van der Waals surface area contributed by atoms with Crippen molar-refractivity contribution >= 4 is 17.6 Å². The molecule has 1 saturated carbocycles. The summed E-state index contributed by atoms with van der Waals surface area (Å²) in [6.07, 6.45) is 8.35. The second-order valence-electron chi connectivity index (χ2n) is 6.96. The number of rotatable bonds is 4. The summed E-state index contributed by atoms with van der Waals surface area (Å²) in [6.45, 7) is 6.52. The average Bonchev–Trinajstić information content (AvgIpc) is 2.94. The minimum Gasteiger partial charge on any atom is -0.254 e. The zero-order valence-electron chi connectivity index (χ0n) is 14.9. The molecule has 1 aliphatic carbocycles. The van der Waals surface area contributed by atoms with Crippen molar-refractivity contribution in [2.24, 2.45) is 10.1 Å². The van der Waals surface area contributed by atoms with E-state index in [4.69, 9.17) is 4.99 Å². The molecule has 0 spiro atoms. The van der Waals surface area contributed by atoms with Gasteiger partial charge in [-0.2, -0.15) is 5.10 Å². The van der Waals surface area contributed by atoms with Crippen LogP contribution in [0.5, 0.6) is 0 Å². The molecule has 1 fully saturated rings. The van der Waals surface area contributed by atoms with Crippen LogP contribution >= 0.6 is 11.3 Å². The van der Waals surface area contributed by atoms with Gasteiger partial charge in [-0.05, 0) is 36.8 Å². The van der Waals surface area contributed by atoms with E-state index in [0.29, 0.717) is 12.0 Å². The van der Waals surface area contributed by atoms with E-state index < -0.39 is 0 Å². The molecule has 3 rings (SSSR count). The van der Waals surface area contributed by atoms with Crippen LogP contribution in [0.3, 0.4) is 0 Å². The molecule has 0 saturated heterocycles. The number of aromatic nitrogens is 1. The van der Waals surface area contributed by atoms with Crippen molar-refractivity contribution in [3.8, 4) is 0 Å². The Kier molecular flexibility index (Phi) is 5.67. The van der Waals surface area contributed by atoms with Crippen LogP contribution in [0.2, 0.25) is 0 Å². The first-order valence-corrected chi connectivity index (χ1v) is 9.87. The van der Waals surface area contributed by atoms with E-state index in [2.05, 4.69) is 55.5 Å². The summed E-state index contributed by atoms with van der Waals surface area (Å²) in [5.74, 6) is 0.561. The monoisotopic (exact) mass is 341 g/mol. The van der Waals surface area contributed by atoms with Crippen LogP contribution in [0.4, 0.5) is 0 Å². The summed E-state index contributed by atoms with van der Waals surface area (Å²) >= 11 is 1.69. The van der Waals surface area contributed by atoms with Gasteiger partial charge in [0.05, 0.1) is 18.0 Å². The van der Waals surface area contributed by atoms with Gasteiger partial charge >= 0.3 is 0 Å². The third-order valence-corrected chi connectivity index (χ3v) is 5.59. The zero-order chi connectivity index (χ0) is 16.9. The van der Waals surface area contributed by atoms with Gasteiger partial charge in [0.15, 0.2) is 0 Å². The molecule has 0 radical (unpaired) electrons. The molecule has 0 bridgehead atoms. The van der Waals surface area contributed by atoms with Crippen LogP contribution in [0, 0.1) is 6.92 Å². The van der Waals surface area contributed by atoms with Crippen LogP contribution in [0.1, 0.15) is 68.7 Å². The smallest absolute Gasteiger partial charge is 0.206 e. The second-order valence-corrected chi connectivity index (χ2v) is 7.79. The molecule has 0 amide bonds. The molecule has 4 heteroatoms. The molecule has 2 aromatic rings. The highest BCUT2D eigenvalue weighted by Crippen LogP contribution is 2.20. The molecular formula is C20H27N3S. The normalized spacial score (nSPS) is 17.2. The van der Waals surface area contributed by atoms with Gasteiger partial charge in [-0.25, -0.2) is 4.68 Å². The molecule has 0 N–H and O–H groups in total. The number of benzene rings is 1. The second kappa shape index (κ2) is 7.93. The Morgan fingerprint density at radius 2 is 1.83 bits per heavy atom. The maximum absolute atomic E-state index is 4.96. The maximum atomic E-state index is 4.96. The lowest BCUT2D eigenvalue weighted by Crippen LogP contribution is -2.19. The van der Waals surface area contributed by atoms with Gasteiger partial charge in [0.2, 0.25) is 4.80 Å². The largest absolute Gasteiger partial charge is 0.254 e. The lowest BCUT2D eigenvalue weighted by atomic mass is 9.96. The molecule has 1 aromatic carbocycles. The zero-order valence-corrected chi connectivity index (χ0v) is 15.7. The molecular weight excluding hydrogens is 314 g/mol. The highest BCUT2D eigenvalue weighted by molar-refractivity contribution is 7.07. The van der Waals surface area contributed by atoms with E-state index >= 15 is 0 Å². The van der Waals surface area contributed by atoms with Crippen LogP contribution in [-0.4, -0.2) is 16.9 Å². The summed E-state index contributed by atoms with van der Waals surface area (Å²) < 4.78 is 1.98. The molecule has 0 aliphatic heterocycles. The van der Waals surface area contributed by atoms with E-state index in [1.54, 1.807) is 11.3 Å². The minimum absolute atomic E-state index is 0.476. The predicted molar refractivity (Wildman–Crippen MR) is 103 cm³/mol. The molecule has 1 aliphatic rings. The number of hydrogen-bond donors (Lipinski definition) is 0. The highest BCUT2D eigenvalue weighted by Gasteiger charge is 2.12. The molecule has 0 atom stereocenters. The van der Waals surface area contributed by atoms with Gasteiger partial charge in [-0.1, -0.05) is 57.4 Å². The van der Waals surface area contributed by atoms with Gasteiger partial charge in [-0.3, -0.25) is 4.99 Å². The maximum Gasteiger partial charge on any atom is 0.206 e. The van der Waals surface area contributed by atoms with Crippen molar-refractivity contribution in [1.82, 2.24) is 4.68 Å². The summed E-state index contributed by atoms with van der Waals surface area (Å²) in [6, 6.07) is 9.12. The lowest BCUT2D eigenvalue weighted by Gasteiger charge is -2.16. The Hall–Kier alpha value is -1.68. The van der Waals surface area contributed by atoms with E-state index in [1.165, 1.54) is 37.7 Å². The molecule has 1 aromatic heterocycles. The Morgan fingerprint density at radius 3 is 2.50 bits per heavy atom. The van der Waals surface area contributed by atoms with Gasteiger partial charge in [0, 0.05) is 5.38 Å². The topological polar surface area (TPSA) is 29.6 Å². The number of nitrogens with zero attached hydrogens (tertiary/aromatic N) is 3. The third-order valence-electron chi connectivity index (χ3n) is 4.64. The molecule has 0 unspecified atom stereocenters. The number of hydrogen-bond acceptors (Lipinski definition) is 3. The van der Waals surface area contributed by atoms with E-state index in [9.17, 15) is 0 Å². The first-order valence-electron chi connectivity index (χ1n) is 8.99. The summed E-state index contributed by atoms with van der Waals surface area (Å²) in [5.41, 5.74) is 3.63. The SMILES string of the molecule is Cc1csc(=NC2CCCCC2)n1N=Cc1ccc(C(C)C)cc1. The van der Waals surface area contributed by atoms with Crippen molar-refractivity contribution < 1.29 is 0 Å². The van der Waals surface area contributed by atoms with Crippen molar-refractivity contribution in [2.75, 3.05) is 0 Å². The summed E-state index contributed by atoms with van der Waals surface area (Å²) in [5, 5.41) is 6.82. The van der Waals surface area contributed by atoms with Crippen molar-refractivity contribution in [1.29, 1.82) is 0 Å². The average molecular weight is 342 g/mol. The van der Waals surface area contributed by atoms with Crippen LogP contribution < -0.4 is 4.80 Å². The first-order chi connectivity index (χ1) is 11.6. The van der Waals surface area contributed by atoms with Gasteiger partial charge in [0.25, 0.3) is 0 Å². The quantitative estimate of drug-likeness (QED) is 0.693. The highest BCUT2D eigenvalue weighted by atomic mass is 32.1. The first kappa shape index (κ1) is 17.2. The van der Waals surface area contributed by atoms with E-state index in [-0.39, 0.29) is 0 Å². The number of aryl methyl sites for hydroxylation is 1. The Morgan fingerprint density at radius 1 is 1.12 bits per heavy atom. The van der Waals surface area contributed by atoms with Crippen molar-refractivity contribution in [3.05, 3.63) is 51.3 Å². The molecule has 128 valence electrons. The fourth-order valence-electron chi connectivity index (χ4n) is 3.07. The summed E-state index contributed by atoms with van der Waals surface area (Å²) in [7, 11) is 0. The Balaban J connectivity index is 1.81. The Labute approximate surface area is 148 Å². The minimum atomic E-state index is 0.476. The van der Waals surface area contributed by atoms with Crippen LogP contribution in [0.15, 0.2) is 39.7 Å². The van der Waals surface area contributed by atoms with Crippen molar-refractivity contribution in [2.45, 2.75) is 64.8 Å². The molecule has 3 nitrogen and oxygen atoms in total. The van der Waals surface area contributed by atoms with Crippen LogP contribution in [0.25, 0.3) is 0 Å². The van der Waals surface area contributed by atoms with Gasteiger partial charge in [-0.15, -0.1) is 11.3 Å². The standard InChI is InChI=1S/C20H27N3S/c1-15(2)18-11-9-17(10-12-18)13-21-23-16(3)14-24-20(23)22-19-7-5-4-6-8-19/h9-15,19H,4-8H2,1-3H3. The summed E-state index contributed by atoms with van der Waals surface area (Å²) in [4.78, 5) is 5.98. The lowest BCUT2D eigenvalue weighted by molar-refractivity contribution is 0.435. The third kappa shape index (κ3) is 4.23. The van der Waals surface area contributed by atoms with E-state index in [0.717, 1.165) is 16.1 Å². The van der Waals surface area contributed by atoms with Crippen molar-refractivity contribution in [3.63, 3.8) is 0 Å². The van der Waals surface area contributed by atoms with E-state index in [1.807, 2.05) is 10.9 Å². The fraction of sp³-hybridized carbons (Fsp3) is 0.500.